The molecule has 3 aromatic rings. The minimum absolute atomic E-state index is 0.496. The quantitative estimate of drug-likeness (QED) is 0.723. The largest absolute Gasteiger partial charge is 0.494 e. The molecule has 0 spiro atoms. The zero-order chi connectivity index (χ0) is 14.7. The summed E-state index contributed by atoms with van der Waals surface area (Å²) in [4.78, 5) is 0. The minimum atomic E-state index is 0.496. The Morgan fingerprint density at radius 2 is 1.71 bits per heavy atom. The summed E-state index contributed by atoms with van der Waals surface area (Å²) in [5.41, 5.74) is 7.29. The van der Waals surface area contributed by atoms with E-state index < -0.39 is 0 Å². The second-order valence-electron chi connectivity index (χ2n) is 4.54. The average molecular weight is 285 g/mol. The monoisotopic (exact) mass is 285 g/mol. The number of hydrogen-bond acceptors (Lipinski definition) is 6. The Morgan fingerprint density at radius 3 is 2.48 bits per heavy atom. The van der Waals surface area contributed by atoms with Crippen LogP contribution in [0.2, 0.25) is 0 Å². The van der Waals surface area contributed by atoms with E-state index >= 15 is 0 Å². The SMILES string of the molecule is CCCOc1ccc(Oc2ccc(N)c3nonc23)cc1. The molecule has 0 fully saturated rings. The Kier molecular flexibility index (Phi) is 3.59. The number of fused-ring (bicyclic) bond motifs is 1. The van der Waals surface area contributed by atoms with Crippen LogP contribution in [0, 0.1) is 0 Å². The summed E-state index contributed by atoms with van der Waals surface area (Å²) in [7, 11) is 0. The lowest BCUT2D eigenvalue weighted by Crippen LogP contribution is -1.94. The van der Waals surface area contributed by atoms with Crippen molar-refractivity contribution in [2.45, 2.75) is 13.3 Å². The normalized spacial score (nSPS) is 10.7. The van der Waals surface area contributed by atoms with E-state index in [4.69, 9.17) is 19.8 Å². The third-order valence-electron chi connectivity index (χ3n) is 2.93. The summed E-state index contributed by atoms with van der Waals surface area (Å²) >= 11 is 0. The third-order valence-corrected chi connectivity index (χ3v) is 2.93. The second kappa shape index (κ2) is 5.70. The van der Waals surface area contributed by atoms with Crippen LogP contribution in [0.3, 0.4) is 0 Å². The molecule has 6 heteroatoms. The van der Waals surface area contributed by atoms with Gasteiger partial charge < -0.3 is 15.2 Å². The number of aromatic nitrogens is 2. The molecule has 3 rings (SSSR count). The average Bonchev–Trinajstić information content (AvgIpc) is 3.00. The number of anilines is 1. The van der Waals surface area contributed by atoms with Gasteiger partial charge in [0.1, 0.15) is 11.5 Å². The van der Waals surface area contributed by atoms with E-state index in [9.17, 15) is 0 Å². The van der Waals surface area contributed by atoms with Crippen LogP contribution < -0.4 is 15.2 Å². The summed E-state index contributed by atoms with van der Waals surface area (Å²) in [6, 6.07) is 10.8. The zero-order valence-electron chi connectivity index (χ0n) is 11.6. The Morgan fingerprint density at radius 1 is 1.00 bits per heavy atom. The van der Waals surface area contributed by atoms with Gasteiger partial charge in [0.15, 0.2) is 16.8 Å². The van der Waals surface area contributed by atoms with Crippen molar-refractivity contribution in [3.8, 4) is 17.2 Å². The van der Waals surface area contributed by atoms with E-state index in [1.165, 1.54) is 0 Å². The van der Waals surface area contributed by atoms with Crippen molar-refractivity contribution >= 4 is 16.7 Å². The van der Waals surface area contributed by atoms with Crippen LogP contribution in [0.4, 0.5) is 5.69 Å². The summed E-state index contributed by atoms with van der Waals surface area (Å²) in [5, 5.41) is 7.58. The van der Waals surface area contributed by atoms with Crippen molar-refractivity contribution in [1.82, 2.24) is 10.3 Å². The molecule has 0 saturated carbocycles. The fourth-order valence-electron chi connectivity index (χ4n) is 1.90. The van der Waals surface area contributed by atoms with Gasteiger partial charge in [0.05, 0.1) is 12.3 Å². The molecule has 0 aliphatic carbocycles. The van der Waals surface area contributed by atoms with E-state index in [0.29, 0.717) is 34.8 Å². The van der Waals surface area contributed by atoms with Gasteiger partial charge in [-0.1, -0.05) is 6.92 Å². The molecule has 0 aliphatic rings. The van der Waals surface area contributed by atoms with Crippen LogP contribution in [0.1, 0.15) is 13.3 Å². The number of hydrogen-bond donors (Lipinski definition) is 1. The van der Waals surface area contributed by atoms with Gasteiger partial charge in [-0.3, -0.25) is 0 Å². The van der Waals surface area contributed by atoms with Gasteiger partial charge in [-0.15, -0.1) is 0 Å². The number of nitrogens with two attached hydrogens (primary N) is 1. The van der Waals surface area contributed by atoms with Crippen LogP contribution in [0.15, 0.2) is 41.0 Å². The number of rotatable bonds is 5. The maximum Gasteiger partial charge on any atom is 0.179 e. The van der Waals surface area contributed by atoms with Crippen LogP contribution in [-0.4, -0.2) is 16.9 Å². The molecule has 1 aromatic heterocycles. The highest BCUT2D eigenvalue weighted by atomic mass is 16.6. The minimum Gasteiger partial charge on any atom is -0.494 e. The topological polar surface area (TPSA) is 83.4 Å². The Bertz CT molecular complexity index is 738. The first kappa shape index (κ1) is 13.2. The number of nitrogen functional groups attached to an aromatic ring is 1. The molecule has 0 amide bonds. The van der Waals surface area contributed by atoms with E-state index in [0.717, 1.165) is 12.2 Å². The molecule has 2 aromatic carbocycles. The van der Waals surface area contributed by atoms with Crippen molar-refractivity contribution in [3.63, 3.8) is 0 Å². The predicted octanol–water partition coefficient (Wildman–Crippen LogP) is 3.39. The van der Waals surface area contributed by atoms with Gasteiger partial charge in [0.2, 0.25) is 0 Å². The second-order valence-corrected chi connectivity index (χ2v) is 4.54. The van der Waals surface area contributed by atoms with Crippen molar-refractivity contribution in [1.29, 1.82) is 0 Å². The maximum atomic E-state index is 5.79. The number of benzene rings is 2. The first-order valence-electron chi connectivity index (χ1n) is 6.69. The lowest BCUT2D eigenvalue weighted by molar-refractivity contribution is 0.314. The summed E-state index contributed by atoms with van der Waals surface area (Å²) in [5.74, 6) is 2.03. The van der Waals surface area contributed by atoms with Crippen molar-refractivity contribution in [2.24, 2.45) is 0 Å². The van der Waals surface area contributed by atoms with Crippen LogP contribution in [0.25, 0.3) is 11.0 Å². The summed E-state index contributed by atoms with van der Waals surface area (Å²) in [6.07, 6.45) is 0.973. The fraction of sp³-hybridized carbons (Fsp3) is 0.200. The summed E-state index contributed by atoms with van der Waals surface area (Å²) < 4.78 is 16.0. The molecular weight excluding hydrogens is 270 g/mol. The number of nitrogens with zero attached hydrogens (tertiary/aromatic N) is 2. The van der Waals surface area contributed by atoms with Crippen LogP contribution in [-0.2, 0) is 0 Å². The van der Waals surface area contributed by atoms with Crippen LogP contribution in [0.5, 0.6) is 17.2 Å². The Hall–Kier alpha value is -2.76. The van der Waals surface area contributed by atoms with Gasteiger partial charge in [-0.05, 0) is 53.1 Å². The van der Waals surface area contributed by atoms with Crippen LogP contribution >= 0.6 is 0 Å². The highest BCUT2D eigenvalue weighted by molar-refractivity contribution is 5.90. The molecule has 2 N–H and O–H groups in total. The molecule has 108 valence electrons. The maximum absolute atomic E-state index is 5.79. The lowest BCUT2D eigenvalue weighted by atomic mass is 10.2. The van der Waals surface area contributed by atoms with Crippen molar-refractivity contribution in [3.05, 3.63) is 36.4 Å². The molecule has 0 saturated heterocycles. The first-order chi connectivity index (χ1) is 10.3. The lowest BCUT2D eigenvalue weighted by Gasteiger charge is -2.08. The molecule has 0 unspecified atom stereocenters. The summed E-state index contributed by atoms with van der Waals surface area (Å²) in [6.45, 7) is 2.76. The van der Waals surface area contributed by atoms with Crippen molar-refractivity contribution < 1.29 is 14.1 Å². The molecular formula is C15H15N3O3. The zero-order valence-corrected chi connectivity index (χ0v) is 11.6. The number of ether oxygens (including phenoxy) is 2. The van der Waals surface area contributed by atoms with E-state index in [2.05, 4.69) is 17.2 Å². The molecule has 6 nitrogen and oxygen atoms in total. The molecule has 1 heterocycles. The molecule has 0 atom stereocenters. The molecule has 0 radical (unpaired) electrons. The van der Waals surface area contributed by atoms with E-state index in [-0.39, 0.29) is 0 Å². The highest BCUT2D eigenvalue weighted by Gasteiger charge is 2.11. The fourth-order valence-corrected chi connectivity index (χ4v) is 1.90. The van der Waals surface area contributed by atoms with Gasteiger partial charge in [-0.2, -0.15) is 0 Å². The third kappa shape index (κ3) is 2.74. The highest BCUT2D eigenvalue weighted by Crippen LogP contribution is 2.31. The van der Waals surface area contributed by atoms with Crippen molar-refractivity contribution in [2.75, 3.05) is 12.3 Å². The van der Waals surface area contributed by atoms with Gasteiger partial charge in [0.25, 0.3) is 0 Å². The van der Waals surface area contributed by atoms with Gasteiger partial charge >= 0.3 is 0 Å². The Labute approximate surface area is 121 Å². The smallest absolute Gasteiger partial charge is 0.179 e. The van der Waals surface area contributed by atoms with Gasteiger partial charge in [0, 0.05) is 0 Å². The Balaban J connectivity index is 1.82. The van der Waals surface area contributed by atoms with E-state index in [1.807, 2.05) is 24.3 Å². The predicted molar refractivity (Wildman–Crippen MR) is 78.5 cm³/mol. The molecule has 21 heavy (non-hydrogen) atoms. The van der Waals surface area contributed by atoms with Gasteiger partial charge in [-0.25, -0.2) is 4.63 Å². The van der Waals surface area contributed by atoms with E-state index in [1.54, 1.807) is 12.1 Å². The first-order valence-corrected chi connectivity index (χ1v) is 6.69. The molecule has 0 bridgehead atoms. The molecule has 0 aliphatic heterocycles. The standard InChI is InChI=1S/C15H15N3O3/c1-2-9-19-10-3-5-11(6-4-10)20-13-8-7-12(16)14-15(13)18-21-17-14/h3-8H,2,9,16H2,1H3.